The molecule has 1 saturated carbocycles. The van der Waals surface area contributed by atoms with Crippen molar-refractivity contribution in [1.82, 2.24) is 14.9 Å². The van der Waals surface area contributed by atoms with Crippen LogP contribution >= 0.6 is 22.9 Å². The number of hydrogen-bond donors (Lipinski definition) is 3. The Morgan fingerprint density at radius 2 is 2.00 bits per heavy atom. The molecular weight excluding hydrogens is 524 g/mol. The fourth-order valence-electron chi connectivity index (χ4n) is 6.97. The van der Waals surface area contributed by atoms with Crippen LogP contribution in [0.2, 0.25) is 5.15 Å². The van der Waals surface area contributed by atoms with E-state index in [1.807, 2.05) is 11.8 Å². The van der Waals surface area contributed by atoms with Crippen molar-refractivity contribution < 1.29 is 19.8 Å². The van der Waals surface area contributed by atoms with E-state index < -0.39 is 11.5 Å². The van der Waals surface area contributed by atoms with E-state index >= 15 is 0 Å². The molecule has 1 saturated heterocycles. The Morgan fingerprint density at radius 1 is 1.26 bits per heavy atom. The topological polar surface area (TPSA) is 116 Å². The summed E-state index contributed by atoms with van der Waals surface area (Å²) >= 11 is 7.39. The molecule has 0 spiro atoms. The van der Waals surface area contributed by atoms with Gasteiger partial charge in [0.25, 0.3) is 5.91 Å². The summed E-state index contributed by atoms with van der Waals surface area (Å²) in [4.78, 5) is 38.4. The molecule has 2 aromatic rings. The van der Waals surface area contributed by atoms with Gasteiger partial charge < -0.3 is 15.1 Å². The highest BCUT2D eigenvalue weighted by molar-refractivity contribution is 7.15. The predicted molar refractivity (Wildman–Crippen MR) is 147 cm³/mol. The monoisotopic (exact) mass is 560 g/mol. The quantitative estimate of drug-likeness (QED) is 0.463. The number of likely N-dealkylation sites (tertiary alicyclic amines) is 1. The van der Waals surface area contributed by atoms with Crippen molar-refractivity contribution in [2.24, 2.45) is 22.7 Å². The Bertz CT molecular complexity index is 1220. The Kier molecular flexibility index (Phi) is 7.59. The zero-order chi connectivity index (χ0) is 27.2. The molecule has 3 heterocycles. The van der Waals surface area contributed by atoms with Gasteiger partial charge in [-0.15, -0.1) is 11.3 Å². The second-order valence-corrected chi connectivity index (χ2v) is 13.4. The molecule has 5 unspecified atom stereocenters. The highest BCUT2D eigenvalue weighted by Gasteiger charge is 2.59. The van der Waals surface area contributed by atoms with E-state index in [-0.39, 0.29) is 40.8 Å². The minimum atomic E-state index is -0.687. The second-order valence-electron chi connectivity index (χ2n) is 11.9. The van der Waals surface area contributed by atoms with Gasteiger partial charge in [-0.25, -0.2) is 9.97 Å². The van der Waals surface area contributed by atoms with Crippen molar-refractivity contribution in [2.45, 2.75) is 71.3 Å². The first kappa shape index (κ1) is 27.5. The minimum absolute atomic E-state index is 0.0292. The molecule has 8 nitrogen and oxygen atoms in total. The van der Waals surface area contributed by atoms with Crippen LogP contribution in [0.15, 0.2) is 18.3 Å². The van der Waals surface area contributed by atoms with Crippen molar-refractivity contribution in [2.75, 3.05) is 25.0 Å². The summed E-state index contributed by atoms with van der Waals surface area (Å²) < 4.78 is 0. The number of amides is 2. The second kappa shape index (κ2) is 10.5. The maximum atomic E-state index is 13.6. The number of piperidine rings is 1. The van der Waals surface area contributed by atoms with Gasteiger partial charge in [-0.2, -0.15) is 0 Å². The van der Waals surface area contributed by atoms with Gasteiger partial charge in [0.1, 0.15) is 5.15 Å². The molecule has 2 aromatic heterocycles. The fraction of sp³-hybridized carbons (Fsp3) is 0.643. The van der Waals surface area contributed by atoms with E-state index in [0.717, 1.165) is 42.9 Å². The van der Waals surface area contributed by atoms with E-state index in [2.05, 4.69) is 24.1 Å². The molecule has 2 aliphatic carbocycles. The van der Waals surface area contributed by atoms with Crippen LogP contribution < -0.4 is 5.32 Å². The maximum Gasteiger partial charge on any atom is 0.257 e. The Balaban J connectivity index is 1.48. The lowest BCUT2D eigenvalue weighted by Crippen LogP contribution is -2.57. The number of carbonyl (C=O) groups excluding carboxylic acids is 2. The SMILES string of the molecule is CC1CCN(C(=O)CC2c3nc(NC(=O)c4ccnc(Cl)c4)sc3CC3C(C)(CO)C(O)CCC23C)CC1. The first-order valence-electron chi connectivity index (χ1n) is 13.5. The molecule has 2 fully saturated rings. The maximum absolute atomic E-state index is 13.6. The zero-order valence-electron chi connectivity index (χ0n) is 22.2. The normalized spacial score (nSPS) is 31.4. The number of fused-ring (bicyclic) bond motifs is 2. The first-order chi connectivity index (χ1) is 18.0. The number of thiazole rings is 1. The number of aliphatic hydroxyl groups is 2. The summed E-state index contributed by atoms with van der Waals surface area (Å²) in [5, 5.41) is 25.1. The lowest BCUT2D eigenvalue weighted by atomic mass is 9.47. The summed E-state index contributed by atoms with van der Waals surface area (Å²) in [6.07, 6.45) is 5.20. The van der Waals surface area contributed by atoms with E-state index in [1.54, 1.807) is 6.07 Å². The highest BCUT2D eigenvalue weighted by atomic mass is 35.5. The van der Waals surface area contributed by atoms with Gasteiger partial charge in [0.15, 0.2) is 5.13 Å². The lowest BCUT2D eigenvalue weighted by molar-refractivity contribution is -0.147. The number of rotatable bonds is 5. The van der Waals surface area contributed by atoms with Gasteiger partial charge in [-0.05, 0) is 61.5 Å². The van der Waals surface area contributed by atoms with Crippen molar-refractivity contribution in [3.63, 3.8) is 0 Å². The Morgan fingerprint density at radius 3 is 2.68 bits per heavy atom. The number of halogens is 1. The van der Waals surface area contributed by atoms with Gasteiger partial charge in [-0.3, -0.25) is 14.9 Å². The number of anilines is 1. The fourth-order valence-corrected chi connectivity index (χ4v) is 8.21. The van der Waals surface area contributed by atoms with Crippen LogP contribution in [-0.2, 0) is 11.2 Å². The van der Waals surface area contributed by atoms with Gasteiger partial charge >= 0.3 is 0 Å². The van der Waals surface area contributed by atoms with Crippen LogP contribution in [-0.4, -0.2) is 62.7 Å². The van der Waals surface area contributed by atoms with E-state index in [0.29, 0.717) is 35.9 Å². The van der Waals surface area contributed by atoms with Crippen molar-refractivity contribution in [1.29, 1.82) is 0 Å². The largest absolute Gasteiger partial charge is 0.396 e. The van der Waals surface area contributed by atoms with Crippen LogP contribution in [0.3, 0.4) is 0 Å². The molecule has 0 aromatic carbocycles. The van der Waals surface area contributed by atoms with Crippen LogP contribution in [0.5, 0.6) is 0 Å². The van der Waals surface area contributed by atoms with E-state index in [4.69, 9.17) is 16.6 Å². The average molecular weight is 561 g/mol. The van der Waals surface area contributed by atoms with E-state index in [1.165, 1.54) is 23.6 Å². The predicted octanol–water partition coefficient (Wildman–Crippen LogP) is 4.51. The van der Waals surface area contributed by atoms with Crippen molar-refractivity contribution in [3.8, 4) is 0 Å². The summed E-state index contributed by atoms with van der Waals surface area (Å²) in [5.74, 6) is 0.246. The molecule has 0 bridgehead atoms. The molecule has 38 heavy (non-hydrogen) atoms. The van der Waals surface area contributed by atoms with Crippen LogP contribution in [0.25, 0.3) is 0 Å². The molecule has 3 N–H and O–H groups in total. The number of nitrogens with one attached hydrogen (secondary N) is 1. The number of hydrogen-bond acceptors (Lipinski definition) is 7. The summed E-state index contributed by atoms with van der Waals surface area (Å²) in [6.45, 7) is 7.83. The summed E-state index contributed by atoms with van der Waals surface area (Å²) in [7, 11) is 0. The lowest BCUT2D eigenvalue weighted by Gasteiger charge is -2.58. The standard InChI is InChI=1S/C28H37ClN4O4S/c1-16-6-10-33(11-7-16)23(36)13-18-24-19(14-20-27(18,2)8-4-21(35)28(20,3)15-34)38-26(31-24)32-25(37)17-5-9-30-22(29)12-17/h5,9,12,16,18,20-21,34-35H,4,6-8,10-11,13-15H2,1-3H3,(H,31,32,37). The summed E-state index contributed by atoms with van der Waals surface area (Å²) in [6, 6.07) is 3.11. The molecule has 5 rings (SSSR count). The third kappa shape index (κ3) is 4.87. The van der Waals surface area contributed by atoms with Crippen molar-refractivity contribution in [3.05, 3.63) is 39.6 Å². The smallest absolute Gasteiger partial charge is 0.257 e. The molecule has 3 aliphatic rings. The van der Waals surface area contributed by atoms with Crippen molar-refractivity contribution >= 4 is 39.9 Å². The van der Waals surface area contributed by atoms with Gasteiger partial charge in [0.2, 0.25) is 5.91 Å². The molecule has 2 amide bonds. The average Bonchev–Trinajstić information content (AvgIpc) is 3.30. The third-order valence-electron chi connectivity index (χ3n) is 9.62. The minimum Gasteiger partial charge on any atom is -0.396 e. The highest BCUT2D eigenvalue weighted by Crippen LogP contribution is 2.63. The number of pyridine rings is 1. The van der Waals surface area contributed by atoms with Gasteiger partial charge in [0.05, 0.1) is 18.4 Å². The van der Waals surface area contributed by atoms with Gasteiger partial charge in [0, 0.05) is 47.5 Å². The molecule has 10 heteroatoms. The number of aliphatic hydroxyl groups excluding tert-OH is 2. The van der Waals surface area contributed by atoms with Crippen LogP contribution in [0, 0.1) is 22.7 Å². The molecule has 1 aliphatic heterocycles. The number of nitrogens with zero attached hydrogens (tertiary/aromatic N) is 3. The van der Waals surface area contributed by atoms with Gasteiger partial charge in [-0.1, -0.05) is 32.4 Å². The third-order valence-corrected chi connectivity index (χ3v) is 10.8. The molecule has 0 radical (unpaired) electrons. The Labute approximate surface area is 232 Å². The van der Waals surface area contributed by atoms with Crippen LogP contribution in [0.1, 0.15) is 79.7 Å². The van der Waals surface area contributed by atoms with E-state index in [9.17, 15) is 19.8 Å². The number of carbonyl (C=O) groups is 2. The molecular formula is C28H37ClN4O4S. The summed E-state index contributed by atoms with van der Waals surface area (Å²) in [5.41, 5.74) is 0.248. The first-order valence-corrected chi connectivity index (χ1v) is 14.7. The van der Waals surface area contributed by atoms with Crippen LogP contribution in [0.4, 0.5) is 5.13 Å². The molecule has 206 valence electrons. The number of aromatic nitrogens is 2. The zero-order valence-corrected chi connectivity index (χ0v) is 23.8. The molecule has 5 atom stereocenters. The Hall–Kier alpha value is -2.07.